The summed E-state index contributed by atoms with van der Waals surface area (Å²) in [6.45, 7) is 3.30. The van der Waals surface area contributed by atoms with E-state index < -0.39 is 24.7 Å². The minimum absolute atomic E-state index is 0.345. The van der Waals surface area contributed by atoms with Gasteiger partial charge in [-0.05, 0) is 35.9 Å². The lowest BCUT2D eigenvalue weighted by Crippen LogP contribution is -2.33. The minimum atomic E-state index is -1.55. The Hall–Kier alpha value is -2.96. The molecule has 0 bridgehead atoms. The van der Waals surface area contributed by atoms with Gasteiger partial charge in [-0.2, -0.15) is 10.2 Å². The topological polar surface area (TPSA) is 164 Å². The molecular weight excluding hydrogens is 446 g/mol. The average molecular weight is 470 g/mol. The Morgan fingerprint density at radius 2 is 1.09 bits per heavy atom. The number of hydrogen-bond acceptors (Lipinski definition) is 9. The van der Waals surface area contributed by atoms with Crippen molar-refractivity contribution in [2.24, 2.45) is 10.2 Å². The van der Waals surface area contributed by atoms with Crippen molar-refractivity contribution in [1.82, 2.24) is 10.9 Å². The second-order valence-corrected chi connectivity index (χ2v) is 8.66. The highest BCUT2D eigenvalue weighted by atomic mass is 32.2. The van der Waals surface area contributed by atoms with Gasteiger partial charge >= 0.3 is 14.2 Å². The van der Waals surface area contributed by atoms with Crippen LogP contribution in [0.5, 0.6) is 0 Å². The van der Waals surface area contributed by atoms with Crippen LogP contribution < -0.4 is 21.8 Å². The highest BCUT2D eigenvalue weighted by molar-refractivity contribution is 8.01. The number of hydrazone groups is 2. The second-order valence-electron chi connectivity index (χ2n) is 6.97. The van der Waals surface area contributed by atoms with Crippen molar-refractivity contribution in [3.05, 3.63) is 59.7 Å². The standard InChI is InChI=1S/C20H24B2N4O6S/c1-13(19(27)25-23-11-15-3-7-17(8-4-15)21(29)30)33-14(2)20(28)26-24-12-16-5-9-18(10-6-16)22(31)32/h3-14,29-32H,1-2H3,(H,25,27)(H,26,28)/b23-11+,24-12+. The van der Waals surface area contributed by atoms with E-state index in [-0.39, 0.29) is 11.8 Å². The van der Waals surface area contributed by atoms with E-state index >= 15 is 0 Å². The zero-order valence-electron chi connectivity index (χ0n) is 18.0. The van der Waals surface area contributed by atoms with E-state index in [1.165, 1.54) is 36.7 Å². The fourth-order valence-electron chi connectivity index (χ4n) is 2.46. The van der Waals surface area contributed by atoms with Crippen molar-refractivity contribution in [1.29, 1.82) is 0 Å². The maximum absolute atomic E-state index is 12.2. The number of carbonyl (C=O) groups excluding carboxylic acids is 2. The molecule has 0 heterocycles. The highest BCUT2D eigenvalue weighted by Crippen LogP contribution is 2.17. The third-order valence-corrected chi connectivity index (χ3v) is 5.64. The molecule has 0 aliphatic carbocycles. The van der Waals surface area contributed by atoms with E-state index in [9.17, 15) is 9.59 Å². The van der Waals surface area contributed by atoms with Gasteiger partial charge in [0.25, 0.3) is 11.8 Å². The predicted octanol–water partition coefficient (Wildman–Crippen LogP) is -1.84. The Morgan fingerprint density at radius 3 is 1.39 bits per heavy atom. The van der Waals surface area contributed by atoms with Crippen LogP contribution in [0.4, 0.5) is 0 Å². The number of nitrogens with zero attached hydrogens (tertiary/aromatic N) is 2. The van der Waals surface area contributed by atoms with Gasteiger partial charge < -0.3 is 20.1 Å². The summed E-state index contributed by atoms with van der Waals surface area (Å²) in [6, 6.07) is 12.6. The fraction of sp³-hybridized carbons (Fsp3) is 0.200. The van der Waals surface area contributed by atoms with Crippen LogP contribution in [0.25, 0.3) is 0 Å². The molecule has 2 rings (SSSR count). The molecule has 2 aromatic rings. The number of rotatable bonds is 10. The molecule has 2 amide bonds. The predicted molar refractivity (Wildman–Crippen MR) is 131 cm³/mol. The molecule has 2 aromatic carbocycles. The third kappa shape index (κ3) is 8.83. The van der Waals surface area contributed by atoms with Crippen LogP contribution in [0.2, 0.25) is 0 Å². The third-order valence-electron chi connectivity index (χ3n) is 4.39. The van der Waals surface area contributed by atoms with Gasteiger partial charge in [0.2, 0.25) is 0 Å². The summed E-state index contributed by atoms with van der Waals surface area (Å²) in [5.74, 6) is -0.763. The van der Waals surface area contributed by atoms with Crippen molar-refractivity contribution in [3.63, 3.8) is 0 Å². The molecule has 0 aromatic heterocycles. The molecule has 10 nitrogen and oxygen atoms in total. The number of amides is 2. The first-order valence-electron chi connectivity index (χ1n) is 9.91. The van der Waals surface area contributed by atoms with Crippen molar-refractivity contribution in [3.8, 4) is 0 Å². The maximum atomic E-state index is 12.2. The summed E-state index contributed by atoms with van der Waals surface area (Å²) in [5, 5.41) is 42.9. The van der Waals surface area contributed by atoms with Gasteiger partial charge in [-0.15, -0.1) is 11.8 Å². The smallest absolute Gasteiger partial charge is 0.423 e. The molecule has 2 unspecified atom stereocenters. The van der Waals surface area contributed by atoms with E-state index in [1.54, 1.807) is 38.1 Å². The fourth-order valence-corrected chi connectivity index (χ4v) is 3.43. The summed E-state index contributed by atoms with van der Waals surface area (Å²) >= 11 is 1.14. The van der Waals surface area contributed by atoms with Crippen LogP contribution in [0.3, 0.4) is 0 Å². The molecule has 0 fully saturated rings. The second kappa shape index (κ2) is 12.9. The molecule has 6 N–H and O–H groups in total. The summed E-state index contributed by atoms with van der Waals surface area (Å²) in [6.07, 6.45) is 2.84. The van der Waals surface area contributed by atoms with E-state index in [1.807, 2.05) is 0 Å². The SMILES string of the molecule is CC(SC(C)C(=O)N/N=C/c1ccc(B(O)O)cc1)C(=O)N/N=C/c1ccc(B(O)O)cc1. The Kier molecular flexibility index (Phi) is 10.3. The molecular formula is C20H24B2N4O6S. The normalized spacial score (nSPS) is 13.0. The molecule has 172 valence electrons. The quantitative estimate of drug-likeness (QED) is 0.135. The lowest BCUT2D eigenvalue weighted by Gasteiger charge is -2.14. The molecule has 0 saturated heterocycles. The van der Waals surface area contributed by atoms with Crippen molar-refractivity contribution in [2.45, 2.75) is 24.3 Å². The van der Waals surface area contributed by atoms with Crippen molar-refractivity contribution in [2.75, 3.05) is 0 Å². The number of hydrogen-bond donors (Lipinski definition) is 6. The first kappa shape index (κ1) is 26.3. The van der Waals surface area contributed by atoms with Crippen LogP contribution >= 0.6 is 11.8 Å². The van der Waals surface area contributed by atoms with E-state index in [2.05, 4.69) is 21.1 Å². The Balaban J connectivity index is 1.77. The Labute approximate surface area is 196 Å². The van der Waals surface area contributed by atoms with E-state index in [0.717, 1.165) is 11.8 Å². The van der Waals surface area contributed by atoms with Gasteiger partial charge in [-0.1, -0.05) is 48.5 Å². The summed E-state index contributed by atoms with van der Waals surface area (Å²) in [4.78, 5) is 24.4. The minimum Gasteiger partial charge on any atom is -0.423 e. The molecule has 33 heavy (non-hydrogen) atoms. The molecule has 2 atom stereocenters. The van der Waals surface area contributed by atoms with Crippen LogP contribution in [-0.2, 0) is 9.59 Å². The number of thioether (sulfide) groups is 1. The summed E-state index contributed by atoms with van der Waals surface area (Å²) in [5.41, 5.74) is 6.82. The number of benzene rings is 2. The van der Waals surface area contributed by atoms with Crippen LogP contribution in [0.15, 0.2) is 58.7 Å². The maximum Gasteiger partial charge on any atom is 0.488 e. The van der Waals surface area contributed by atoms with Gasteiger partial charge in [0.1, 0.15) is 0 Å². The summed E-state index contributed by atoms with van der Waals surface area (Å²) in [7, 11) is -3.10. The first-order chi connectivity index (χ1) is 15.7. The zero-order valence-corrected chi connectivity index (χ0v) is 18.8. The van der Waals surface area contributed by atoms with Crippen LogP contribution in [-0.4, -0.2) is 69.1 Å². The van der Waals surface area contributed by atoms with Gasteiger partial charge in [-0.25, -0.2) is 10.9 Å². The number of carbonyl (C=O) groups is 2. The van der Waals surface area contributed by atoms with Crippen molar-refractivity contribution < 1.29 is 29.7 Å². The lowest BCUT2D eigenvalue weighted by molar-refractivity contribution is -0.120. The van der Waals surface area contributed by atoms with Crippen LogP contribution in [0.1, 0.15) is 25.0 Å². The zero-order chi connectivity index (χ0) is 24.4. The molecule has 0 aliphatic heterocycles. The molecule has 0 spiro atoms. The monoisotopic (exact) mass is 470 g/mol. The highest BCUT2D eigenvalue weighted by Gasteiger charge is 2.21. The summed E-state index contributed by atoms with van der Waals surface area (Å²) < 4.78 is 0. The molecule has 13 heteroatoms. The van der Waals surface area contributed by atoms with E-state index in [0.29, 0.717) is 22.1 Å². The van der Waals surface area contributed by atoms with Gasteiger partial charge in [0.05, 0.1) is 22.9 Å². The lowest BCUT2D eigenvalue weighted by atomic mass is 9.80. The molecule has 0 aliphatic rings. The van der Waals surface area contributed by atoms with E-state index in [4.69, 9.17) is 20.1 Å². The average Bonchev–Trinajstić information content (AvgIpc) is 2.79. The Bertz CT molecular complexity index is 908. The molecule has 0 radical (unpaired) electrons. The van der Waals surface area contributed by atoms with Gasteiger partial charge in [-0.3, -0.25) is 9.59 Å². The van der Waals surface area contributed by atoms with Crippen LogP contribution in [0, 0.1) is 0 Å². The Morgan fingerprint density at radius 1 is 0.758 bits per heavy atom. The van der Waals surface area contributed by atoms with Gasteiger partial charge in [0.15, 0.2) is 0 Å². The largest absolute Gasteiger partial charge is 0.488 e. The molecule has 0 saturated carbocycles. The number of nitrogens with one attached hydrogen (secondary N) is 2. The van der Waals surface area contributed by atoms with Crippen molar-refractivity contribution >= 4 is 61.2 Å². The van der Waals surface area contributed by atoms with Gasteiger partial charge in [0, 0.05) is 0 Å². The first-order valence-corrected chi connectivity index (χ1v) is 10.8.